The van der Waals surface area contributed by atoms with Crippen molar-refractivity contribution in [2.45, 2.75) is 25.4 Å². The molecule has 3 rings (SSSR count). The number of piperazine rings is 1. The second-order valence-electron chi connectivity index (χ2n) is 7.13. The molecule has 2 heterocycles. The lowest BCUT2D eigenvalue weighted by atomic mass is 10.1. The van der Waals surface area contributed by atoms with Crippen LogP contribution in [-0.2, 0) is 6.54 Å². The van der Waals surface area contributed by atoms with Crippen molar-refractivity contribution < 1.29 is 4.79 Å². The van der Waals surface area contributed by atoms with E-state index in [2.05, 4.69) is 34.3 Å². The minimum absolute atomic E-state index is 0. The van der Waals surface area contributed by atoms with Crippen LogP contribution in [0, 0.1) is 0 Å². The molecule has 0 bridgehead atoms. The van der Waals surface area contributed by atoms with Crippen LogP contribution in [0.2, 0.25) is 0 Å². The van der Waals surface area contributed by atoms with E-state index in [9.17, 15) is 4.79 Å². The first-order valence-electron chi connectivity index (χ1n) is 9.13. The Kier molecular flexibility index (Phi) is 9.90. The van der Waals surface area contributed by atoms with E-state index in [-0.39, 0.29) is 30.7 Å². The van der Waals surface area contributed by atoms with Crippen molar-refractivity contribution in [2.75, 3.05) is 53.4 Å². The maximum Gasteiger partial charge on any atom is 0.254 e. The van der Waals surface area contributed by atoms with Crippen molar-refractivity contribution in [2.24, 2.45) is 0 Å². The maximum atomic E-state index is 12.9. The number of benzene rings is 1. The Morgan fingerprint density at radius 2 is 1.88 bits per heavy atom. The monoisotopic (exact) mass is 402 g/mol. The molecular formula is C19H32Cl2N4O. The van der Waals surface area contributed by atoms with Gasteiger partial charge < -0.3 is 15.1 Å². The minimum Gasteiger partial charge on any atom is -0.334 e. The second-order valence-corrected chi connectivity index (χ2v) is 7.13. The molecule has 1 amide bonds. The number of nitrogens with zero attached hydrogens (tertiary/aromatic N) is 3. The van der Waals surface area contributed by atoms with E-state index in [1.165, 1.54) is 5.56 Å². The van der Waals surface area contributed by atoms with Gasteiger partial charge in [0.1, 0.15) is 0 Å². The third kappa shape index (κ3) is 5.83. The van der Waals surface area contributed by atoms with Crippen molar-refractivity contribution in [1.29, 1.82) is 0 Å². The molecule has 7 heteroatoms. The molecule has 0 aliphatic carbocycles. The van der Waals surface area contributed by atoms with E-state index in [1.54, 1.807) is 0 Å². The molecule has 2 aliphatic rings. The third-order valence-electron chi connectivity index (χ3n) is 5.25. The Balaban J connectivity index is 0.00000169. The van der Waals surface area contributed by atoms with E-state index in [4.69, 9.17) is 0 Å². The first-order chi connectivity index (χ1) is 11.7. The van der Waals surface area contributed by atoms with Crippen LogP contribution in [0.1, 0.15) is 28.8 Å². The van der Waals surface area contributed by atoms with Gasteiger partial charge in [-0.3, -0.25) is 9.69 Å². The highest BCUT2D eigenvalue weighted by molar-refractivity contribution is 5.94. The average molecular weight is 403 g/mol. The fraction of sp³-hybridized carbons (Fsp3) is 0.632. The molecule has 0 spiro atoms. The van der Waals surface area contributed by atoms with Crippen molar-refractivity contribution >= 4 is 30.7 Å². The molecule has 0 saturated carbocycles. The first-order valence-corrected chi connectivity index (χ1v) is 9.13. The summed E-state index contributed by atoms with van der Waals surface area (Å²) in [5.41, 5.74) is 2.08. The molecule has 2 fully saturated rings. The van der Waals surface area contributed by atoms with Crippen LogP contribution in [0.5, 0.6) is 0 Å². The highest BCUT2D eigenvalue weighted by Gasteiger charge is 2.28. The smallest absolute Gasteiger partial charge is 0.254 e. The molecule has 1 atom stereocenters. The molecule has 5 nitrogen and oxygen atoms in total. The lowest BCUT2D eigenvalue weighted by Crippen LogP contribution is -2.44. The summed E-state index contributed by atoms with van der Waals surface area (Å²) in [5, 5.41) is 3.21. The van der Waals surface area contributed by atoms with Gasteiger partial charge in [0, 0.05) is 57.4 Å². The molecule has 1 aromatic rings. The summed E-state index contributed by atoms with van der Waals surface area (Å²) >= 11 is 0. The Bertz CT molecular complexity index is 564. The van der Waals surface area contributed by atoms with Gasteiger partial charge in [0.15, 0.2) is 0 Å². The van der Waals surface area contributed by atoms with Crippen LogP contribution in [-0.4, -0.2) is 80.0 Å². The number of hydrogen-bond donors (Lipinski definition) is 1. The molecule has 1 unspecified atom stereocenters. The number of rotatable bonds is 5. The minimum atomic E-state index is 0. The van der Waals surface area contributed by atoms with Crippen molar-refractivity contribution in [3.63, 3.8) is 0 Å². The van der Waals surface area contributed by atoms with E-state index in [0.29, 0.717) is 6.04 Å². The SMILES string of the molecule is CNCC1CCCN1C(=O)c1cccc(CN2CCN(C)CC2)c1.Cl.Cl. The summed E-state index contributed by atoms with van der Waals surface area (Å²) in [4.78, 5) is 19.8. The van der Waals surface area contributed by atoms with Crippen molar-refractivity contribution in [3.05, 3.63) is 35.4 Å². The fourth-order valence-corrected chi connectivity index (χ4v) is 3.78. The number of halogens is 2. The molecule has 0 radical (unpaired) electrons. The number of carbonyl (C=O) groups excluding carboxylic acids is 1. The van der Waals surface area contributed by atoms with Gasteiger partial charge in [-0.25, -0.2) is 0 Å². The molecule has 1 aromatic carbocycles. The predicted molar refractivity (Wildman–Crippen MR) is 112 cm³/mol. The third-order valence-corrected chi connectivity index (χ3v) is 5.25. The maximum absolute atomic E-state index is 12.9. The van der Waals surface area contributed by atoms with Crippen LogP contribution < -0.4 is 5.32 Å². The van der Waals surface area contributed by atoms with E-state index in [1.807, 2.05) is 24.1 Å². The van der Waals surface area contributed by atoms with Gasteiger partial charge in [0.05, 0.1) is 0 Å². The van der Waals surface area contributed by atoms with Gasteiger partial charge in [-0.2, -0.15) is 0 Å². The van der Waals surface area contributed by atoms with Gasteiger partial charge in [0.25, 0.3) is 5.91 Å². The predicted octanol–water partition coefficient (Wildman–Crippen LogP) is 2.10. The topological polar surface area (TPSA) is 38.8 Å². The lowest BCUT2D eigenvalue weighted by Gasteiger charge is -2.32. The first kappa shape index (κ1) is 23.2. The summed E-state index contributed by atoms with van der Waals surface area (Å²) < 4.78 is 0. The molecule has 2 saturated heterocycles. The van der Waals surface area contributed by atoms with Gasteiger partial charge in [-0.05, 0) is 44.6 Å². The van der Waals surface area contributed by atoms with Crippen LogP contribution in [0.3, 0.4) is 0 Å². The van der Waals surface area contributed by atoms with E-state index < -0.39 is 0 Å². The Morgan fingerprint density at radius 3 is 2.58 bits per heavy atom. The summed E-state index contributed by atoms with van der Waals surface area (Å²) in [7, 11) is 4.13. The largest absolute Gasteiger partial charge is 0.334 e. The zero-order valence-electron chi connectivity index (χ0n) is 15.8. The lowest BCUT2D eigenvalue weighted by molar-refractivity contribution is 0.0736. The average Bonchev–Trinajstić information content (AvgIpc) is 3.05. The summed E-state index contributed by atoms with van der Waals surface area (Å²) in [6.07, 6.45) is 2.21. The van der Waals surface area contributed by atoms with Crippen LogP contribution in [0.4, 0.5) is 0 Å². The molecule has 148 valence electrons. The molecule has 1 N–H and O–H groups in total. The van der Waals surface area contributed by atoms with Crippen molar-refractivity contribution in [3.8, 4) is 0 Å². The fourth-order valence-electron chi connectivity index (χ4n) is 3.78. The van der Waals surface area contributed by atoms with Gasteiger partial charge in [-0.15, -0.1) is 24.8 Å². The summed E-state index contributed by atoms with van der Waals surface area (Å²) in [6.45, 7) is 7.15. The Hall–Kier alpha value is -0.850. The normalized spacial score (nSPS) is 21.2. The number of carbonyl (C=O) groups is 1. The van der Waals surface area contributed by atoms with E-state index >= 15 is 0 Å². The molecule has 2 aliphatic heterocycles. The highest BCUT2D eigenvalue weighted by Crippen LogP contribution is 2.20. The van der Waals surface area contributed by atoms with Crippen LogP contribution >= 0.6 is 24.8 Å². The summed E-state index contributed by atoms with van der Waals surface area (Å²) in [5.74, 6) is 0.188. The Labute approximate surface area is 169 Å². The zero-order valence-corrected chi connectivity index (χ0v) is 17.5. The van der Waals surface area contributed by atoms with Gasteiger partial charge in [0.2, 0.25) is 0 Å². The number of hydrogen-bond acceptors (Lipinski definition) is 4. The summed E-state index contributed by atoms with van der Waals surface area (Å²) in [6, 6.07) is 8.56. The number of nitrogens with one attached hydrogen (secondary N) is 1. The standard InChI is InChI=1S/C19H30N4O.2ClH/c1-20-14-18-7-4-8-23(18)19(24)17-6-3-5-16(13-17)15-22-11-9-21(2)10-12-22;;/h3,5-6,13,18,20H,4,7-12,14-15H2,1-2H3;2*1H. The number of likely N-dealkylation sites (tertiary alicyclic amines) is 1. The molecule has 0 aromatic heterocycles. The van der Waals surface area contributed by atoms with Gasteiger partial charge >= 0.3 is 0 Å². The molecular weight excluding hydrogens is 371 g/mol. The number of likely N-dealkylation sites (N-methyl/N-ethyl adjacent to an activating group) is 2. The number of amides is 1. The van der Waals surface area contributed by atoms with Crippen molar-refractivity contribution in [1.82, 2.24) is 20.0 Å². The van der Waals surface area contributed by atoms with E-state index in [0.717, 1.165) is 64.2 Å². The van der Waals surface area contributed by atoms with Crippen LogP contribution in [0.25, 0.3) is 0 Å². The Morgan fingerprint density at radius 1 is 1.15 bits per heavy atom. The molecule has 26 heavy (non-hydrogen) atoms. The van der Waals surface area contributed by atoms with Gasteiger partial charge in [-0.1, -0.05) is 12.1 Å². The zero-order chi connectivity index (χ0) is 16.9. The highest BCUT2D eigenvalue weighted by atomic mass is 35.5. The second kappa shape index (κ2) is 11.1. The quantitative estimate of drug-likeness (QED) is 0.818. The van der Waals surface area contributed by atoms with Crippen LogP contribution in [0.15, 0.2) is 24.3 Å².